The quantitative estimate of drug-likeness (QED) is 0.361. The maximum Gasteiger partial charge on any atom is 0.0175 e. The van der Waals surface area contributed by atoms with Gasteiger partial charge in [0.05, 0.1) is 0 Å². The van der Waals surface area contributed by atoms with Gasteiger partial charge in [-0.15, -0.1) is 0 Å². The van der Waals surface area contributed by atoms with Gasteiger partial charge < -0.3 is 0 Å². The van der Waals surface area contributed by atoms with E-state index in [4.69, 9.17) is 0 Å². The highest BCUT2D eigenvalue weighted by Crippen LogP contribution is 1.83. The molecule has 0 aromatic heterocycles. The van der Waals surface area contributed by atoms with E-state index in [1.54, 1.807) is 0 Å². The van der Waals surface area contributed by atoms with Gasteiger partial charge in [0.15, 0.2) is 0 Å². The first-order valence-corrected chi connectivity index (χ1v) is 3.65. The van der Waals surface area contributed by atoms with Crippen molar-refractivity contribution in [1.82, 2.24) is 0 Å². The highest BCUT2D eigenvalue weighted by molar-refractivity contribution is 14.1. The molecule has 0 aromatic carbocycles. The summed E-state index contributed by atoms with van der Waals surface area (Å²) < 4.78 is 1.14. The van der Waals surface area contributed by atoms with Crippen molar-refractivity contribution >= 4 is 22.6 Å². The Labute approximate surface area is 52.8 Å². The summed E-state index contributed by atoms with van der Waals surface area (Å²) in [5.41, 5.74) is 0. The zero-order chi connectivity index (χ0) is 4.83. The Hall–Kier alpha value is 0.470. The first-order valence-electron chi connectivity index (χ1n) is 2.12. The van der Waals surface area contributed by atoms with Gasteiger partial charge in [0, 0.05) is 4.43 Å². The molecule has 0 saturated carbocycles. The minimum atomic E-state index is 1.14. The van der Waals surface area contributed by atoms with Gasteiger partial charge in [-0.05, 0) is 6.42 Å². The minimum Gasteiger partial charge on any atom is -0.0880 e. The third-order valence-electron chi connectivity index (χ3n) is 0.491. The zero-order valence-corrected chi connectivity index (χ0v) is 6.10. The van der Waals surface area contributed by atoms with Crippen molar-refractivity contribution in [3.05, 3.63) is 12.2 Å². The first kappa shape index (κ1) is 6.47. The highest BCUT2D eigenvalue weighted by atomic mass is 127. The summed E-state index contributed by atoms with van der Waals surface area (Å²) in [6.45, 7) is 2.14. The second-order valence-corrected chi connectivity index (χ2v) is 1.91. The van der Waals surface area contributed by atoms with Crippen LogP contribution in [-0.4, -0.2) is 4.43 Å². The van der Waals surface area contributed by atoms with Gasteiger partial charge in [-0.2, -0.15) is 0 Å². The van der Waals surface area contributed by atoms with Crippen LogP contribution in [0.5, 0.6) is 0 Å². The summed E-state index contributed by atoms with van der Waals surface area (Å²) in [5.74, 6) is 0. The predicted molar refractivity (Wildman–Crippen MR) is 38.3 cm³/mol. The average Bonchev–Trinajstić information content (AvgIpc) is 1.61. The lowest BCUT2D eigenvalue weighted by Gasteiger charge is -1.71. The van der Waals surface area contributed by atoms with E-state index in [0.29, 0.717) is 0 Å². The molecule has 0 nitrogen and oxygen atoms in total. The van der Waals surface area contributed by atoms with Gasteiger partial charge in [-0.3, -0.25) is 0 Å². The van der Waals surface area contributed by atoms with E-state index in [-0.39, 0.29) is 0 Å². The van der Waals surface area contributed by atoms with Crippen LogP contribution in [0.4, 0.5) is 0 Å². The van der Waals surface area contributed by atoms with Crippen LogP contribution in [0.1, 0.15) is 13.3 Å². The summed E-state index contributed by atoms with van der Waals surface area (Å²) in [7, 11) is 0. The van der Waals surface area contributed by atoms with Crippen molar-refractivity contribution in [3.63, 3.8) is 0 Å². The molecule has 0 aliphatic carbocycles. The number of allylic oxidation sites excluding steroid dienone is 2. The number of rotatable bonds is 2. The lowest BCUT2D eigenvalue weighted by atomic mass is 10.4. The summed E-state index contributed by atoms with van der Waals surface area (Å²) in [6.07, 6.45) is 5.51. The molecule has 0 radical (unpaired) electrons. The topological polar surface area (TPSA) is 0 Å². The molecule has 0 fully saturated rings. The van der Waals surface area contributed by atoms with Gasteiger partial charge >= 0.3 is 0 Å². The van der Waals surface area contributed by atoms with Crippen molar-refractivity contribution < 1.29 is 0 Å². The second kappa shape index (κ2) is 5.47. The molecule has 0 spiro atoms. The molecular formula is C5H9I. The summed E-state index contributed by atoms with van der Waals surface area (Å²) in [5, 5.41) is 0. The van der Waals surface area contributed by atoms with Crippen molar-refractivity contribution in [2.24, 2.45) is 0 Å². The Morgan fingerprint density at radius 2 is 2.17 bits per heavy atom. The number of hydrogen-bond acceptors (Lipinski definition) is 0. The summed E-state index contributed by atoms with van der Waals surface area (Å²) in [4.78, 5) is 0. The minimum absolute atomic E-state index is 1.14. The van der Waals surface area contributed by atoms with Crippen LogP contribution in [-0.2, 0) is 0 Å². The van der Waals surface area contributed by atoms with Crippen LogP contribution in [0, 0.1) is 0 Å². The largest absolute Gasteiger partial charge is 0.0880 e. The van der Waals surface area contributed by atoms with Crippen LogP contribution in [0.25, 0.3) is 0 Å². The Morgan fingerprint density at radius 1 is 1.50 bits per heavy atom. The van der Waals surface area contributed by atoms with Gasteiger partial charge in [0.25, 0.3) is 0 Å². The van der Waals surface area contributed by atoms with Crippen LogP contribution >= 0.6 is 22.6 Å². The van der Waals surface area contributed by atoms with Crippen molar-refractivity contribution in [1.29, 1.82) is 0 Å². The molecule has 0 heterocycles. The smallest absolute Gasteiger partial charge is 0.0175 e. The normalized spacial score (nSPS) is 10.3. The van der Waals surface area contributed by atoms with E-state index in [2.05, 4.69) is 41.7 Å². The van der Waals surface area contributed by atoms with E-state index in [1.807, 2.05) is 0 Å². The fourth-order valence-electron chi connectivity index (χ4n) is 0.230. The van der Waals surface area contributed by atoms with E-state index >= 15 is 0 Å². The molecule has 0 saturated heterocycles. The van der Waals surface area contributed by atoms with Gasteiger partial charge in [0.1, 0.15) is 0 Å². The van der Waals surface area contributed by atoms with Crippen LogP contribution in [0.3, 0.4) is 0 Å². The predicted octanol–water partition coefficient (Wildman–Crippen LogP) is 2.39. The molecule has 6 heavy (non-hydrogen) atoms. The molecule has 0 atom stereocenters. The van der Waals surface area contributed by atoms with Crippen LogP contribution in [0.15, 0.2) is 12.2 Å². The molecule has 0 rings (SSSR count). The van der Waals surface area contributed by atoms with Crippen LogP contribution in [0.2, 0.25) is 0 Å². The Balaban J connectivity index is 2.73. The lowest BCUT2D eigenvalue weighted by Crippen LogP contribution is -1.55. The van der Waals surface area contributed by atoms with Crippen molar-refractivity contribution in [2.75, 3.05) is 4.43 Å². The zero-order valence-electron chi connectivity index (χ0n) is 3.95. The van der Waals surface area contributed by atoms with Crippen molar-refractivity contribution in [2.45, 2.75) is 13.3 Å². The maximum absolute atomic E-state index is 2.32. The molecule has 0 aliphatic heterocycles. The monoisotopic (exact) mass is 196 g/mol. The van der Waals surface area contributed by atoms with E-state index in [9.17, 15) is 0 Å². The molecule has 1 heteroatoms. The third kappa shape index (κ3) is 4.47. The molecule has 0 amide bonds. The SMILES string of the molecule is CC/C=C/CI. The van der Waals surface area contributed by atoms with Gasteiger partial charge in [0.2, 0.25) is 0 Å². The van der Waals surface area contributed by atoms with Gasteiger partial charge in [-0.25, -0.2) is 0 Å². The molecule has 0 aliphatic rings. The first-order chi connectivity index (χ1) is 2.91. The van der Waals surface area contributed by atoms with Crippen LogP contribution < -0.4 is 0 Å². The van der Waals surface area contributed by atoms with E-state index < -0.39 is 0 Å². The molecule has 36 valence electrons. The molecule has 0 bridgehead atoms. The molecule has 0 unspecified atom stereocenters. The van der Waals surface area contributed by atoms with E-state index in [1.165, 1.54) is 6.42 Å². The Bertz CT molecular complexity index is 33.2. The summed E-state index contributed by atoms with van der Waals surface area (Å²) >= 11 is 2.32. The highest BCUT2D eigenvalue weighted by Gasteiger charge is 1.61. The number of hydrogen-bond donors (Lipinski definition) is 0. The Kier molecular flexibility index (Phi) is 5.90. The fraction of sp³-hybridized carbons (Fsp3) is 0.600. The Morgan fingerprint density at radius 3 is 2.33 bits per heavy atom. The average molecular weight is 196 g/mol. The van der Waals surface area contributed by atoms with Crippen molar-refractivity contribution in [3.8, 4) is 0 Å². The summed E-state index contributed by atoms with van der Waals surface area (Å²) in [6, 6.07) is 0. The molecule has 0 aromatic rings. The van der Waals surface area contributed by atoms with E-state index in [0.717, 1.165) is 4.43 Å². The lowest BCUT2D eigenvalue weighted by molar-refractivity contribution is 1.22. The molecular weight excluding hydrogens is 187 g/mol. The number of alkyl halides is 1. The molecule has 0 N–H and O–H groups in total. The maximum atomic E-state index is 2.32. The second-order valence-electron chi connectivity index (χ2n) is 1.03. The number of halogens is 1. The van der Waals surface area contributed by atoms with Gasteiger partial charge in [-0.1, -0.05) is 41.7 Å². The standard InChI is InChI=1S/C5H9I/c1-2-3-4-5-6/h3-4H,2,5H2,1H3/b4-3+. The fourth-order valence-corrected chi connectivity index (χ4v) is 0.589. The third-order valence-corrected chi connectivity index (χ3v) is 1.000.